The molecule has 0 saturated heterocycles. The number of rotatable bonds is 3. The smallest absolute Gasteiger partial charge is 0.137 e. The van der Waals surface area contributed by atoms with E-state index in [0.29, 0.717) is 11.4 Å². The first-order chi connectivity index (χ1) is 9.69. The van der Waals surface area contributed by atoms with Crippen molar-refractivity contribution in [2.75, 3.05) is 7.11 Å². The van der Waals surface area contributed by atoms with Crippen molar-refractivity contribution < 1.29 is 13.5 Å². The van der Waals surface area contributed by atoms with Gasteiger partial charge >= 0.3 is 0 Å². The molecule has 0 fully saturated rings. The van der Waals surface area contributed by atoms with Crippen molar-refractivity contribution in [1.29, 1.82) is 0 Å². The molecule has 1 aromatic carbocycles. The molecule has 2 aromatic heterocycles. The molecule has 2 heterocycles. The summed E-state index contributed by atoms with van der Waals surface area (Å²) in [6, 6.07) is 5.67. The van der Waals surface area contributed by atoms with Crippen molar-refractivity contribution in [2.24, 2.45) is 0 Å². The molecule has 0 bridgehead atoms. The third kappa shape index (κ3) is 2.11. The van der Waals surface area contributed by atoms with Crippen LogP contribution in [0.5, 0.6) is 5.75 Å². The molecule has 0 atom stereocenters. The first-order valence-electron chi connectivity index (χ1n) is 6.12. The van der Waals surface area contributed by atoms with Crippen molar-refractivity contribution in [3.05, 3.63) is 59.4 Å². The van der Waals surface area contributed by atoms with Crippen LogP contribution in [0, 0.1) is 11.6 Å². The number of hydrogen-bond donors (Lipinski definition) is 1. The van der Waals surface area contributed by atoms with Gasteiger partial charge in [0.1, 0.15) is 23.0 Å². The quantitative estimate of drug-likeness (QED) is 0.794. The molecule has 0 amide bonds. The number of aromatic amines is 1. The molecule has 0 saturated carbocycles. The lowest BCUT2D eigenvalue weighted by Gasteiger charge is -2.04. The number of halogens is 2. The summed E-state index contributed by atoms with van der Waals surface area (Å²) in [6.45, 7) is 0. The van der Waals surface area contributed by atoms with Crippen LogP contribution in [0.15, 0.2) is 36.7 Å². The van der Waals surface area contributed by atoms with Crippen LogP contribution in [0.2, 0.25) is 0 Å². The van der Waals surface area contributed by atoms with Gasteiger partial charge in [0.05, 0.1) is 13.3 Å². The third-order valence-corrected chi connectivity index (χ3v) is 3.26. The number of benzene rings is 1. The monoisotopic (exact) mass is 274 g/mol. The number of fused-ring (bicyclic) bond motifs is 1. The SMILES string of the molecule is COc1cnc2[nH]cc(Cc3c(F)cccc3F)c2c1. The van der Waals surface area contributed by atoms with E-state index < -0.39 is 11.6 Å². The maximum atomic E-state index is 13.7. The van der Waals surface area contributed by atoms with Crippen LogP contribution < -0.4 is 4.74 Å². The van der Waals surface area contributed by atoms with Gasteiger partial charge in [0, 0.05) is 23.6 Å². The number of nitrogens with one attached hydrogen (secondary N) is 1. The molecule has 1 N–H and O–H groups in total. The van der Waals surface area contributed by atoms with Gasteiger partial charge in [0.25, 0.3) is 0 Å². The number of aromatic nitrogens is 2. The summed E-state index contributed by atoms with van der Waals surface area (Å²) in [5.74, 6) is -0.488. The van der Waals surface area contributed by atoms with E-state index in [-0.39, 0.29) is 12.0 Å². The number of ether oxygens (including phenoxy) is 1. The summed E-state index contributed by atoms with van der Waals surface area (Å²) >= 11 is 0. The summed E-state index contributed by atoms with van der Waals surface area (Å²) in [4.78, 5) is 7.18. The highest BCUT2D eigenvalue weighted by atomic mass is 19.1. The molecule has 0 aliphatic heterocycles. The number of methoxy groups -OCH3 is 1. The molecular formula is C15H12F2N2O. The van der Waals surface area contributed by atoms with Crippen molar-refractivity contribution >= 4 is 11.0 Å². The van der Waals surface area contributed by atoms with Gasteiger partial charge in [0.15, 0.2) is 0 Å². The summed E-state index contributed by atoms with van der Waals surface area (Å²) in [5, 5.41) is 0.798. The van der Waals surface area contributed by atoms with Gasteiger partial charge in [-0.15, -0.1) is 0 Å². The highest BCUT2D eigenvalue weighted by Crippen LogP contribution is 2.25. The largest absolute Gasteiger partial charge is 0.495 e. The van der Waals surface area contributed by atoms with Crippen LogP contribution >= 0.6 is 0 Å². The molecule has 0 aliphatic rings. The highest BCUT2D eigenvalue weighted by Gasteiger charge is 2.13. The van der Waals surface area contributed by atoms with E-state index in [0.717, 1.165) is 10.9 Å². The van der Waals surface area contributed by atoms with E-state index in [1.54, 1.807) is 25.6 Å². The van der Waals surface area contributed by atoms with E-state index >= 15 is 0 Å². The lowest BCUT2D eigenvalue weighted by molar-refractivity contribution is 0.413. The molecule has 3 nitrogen and oxygen atoms in total. The summed E-state index contributed by atoms with van der Waals surface area (Å²) < 4.78 is 32.5. The van der Waals surface area contributed by atoms with E-state index in [9.17, 15) is 8.78 Å². The summed E-state index contributed by atoms with van der Waals surface area (Å²) in [6.07, 6.45) is 3.46. The molecule has 0 radical (unpaired) electrons. The van der Waals surface area contributed by atoms with Crippen LogP contribution in [-0.2, 0) is 6.42 Å². The van der Waals surface area contributed by atoms with E-state index in [2.05, 4.69) is 9.97 Å². The van der Waals surface area contributed by atoms with Gasteiger partial charge in [-0.3, -0.25) is 0 Å². The molecule has 0 unspecified atom stereocenters. The lowest BCUT2D eigenvalue weighted by Crippen LogP contribution is -1.96. The Hall–Kier alpha value is -2.43. The topological polar surface area (TPSA) is 37.9 Å². The molecule has 3 rings (SSSR count). The Balaban J connectivity index is 2.06. The van der Waals surface area contributed by atoms with Crippen LogP contribution in [-0.4, -0.2) is 17.1 Å². The Bertz CT molecular complexity index is 747. The van der Waals surface area contributed by atoms with E-state index in [1.807, 2.05) is 0 Å². The van der Waals surface area contributed by atoms with Crippen LogP contribution in [0.1, 0.15) is 11.1 Å². The third-order valence-electron chi connectivity index (χ3n) is 3.26. The fourth-order valence-electron chi connectivity index (χ4n) is 2.19. The second-order valence-electron chi connectivity index (χ2n) is 4.46. The second-order valence-corrected chi connectivity index (χ2v) is 4.46. The number of nitrogens with zero attached hydrogens (tertiary/aromatic N) is 1. The lowest BCUT2D eigenvalue weighted by atomic mass is 10.0. The van der Waals surface area contributed by atoms with Crippen molar-refractivity contribution in [2.45, 2.75) is 6.42 Å². The molecule has 102 valence electrons. The predicted molar refractivity (Wildman–Crippen MR) is 71.8 cm³/mol. The first kappa shape index (κ1) is 12.6. The summed E-state index contributed by atoms with van der Waals surface area (Å²) in [7, 11) is 1.55. The van der Waals surface area contributed by atoms with Gasteiger partial charge in [-0.2, -0.15) is 0 Å². The Morgan fingerprint density at radius 2 is 2.00 bits per heavy atom. The zero-order valence-electron chi connectivity index (χ0n) is 10.8. The normalized spacial score (nSPS) is 10.9. The minimum Gasteiger partial charge on any atom is -0.495 e. The zero-order valence-corrected chi connectivity index (χ0v) is 10.8. The average molecular weight is 274 g/mol. The van der Waals surface area contributed by atoms with Crippen molar-refractivity contribution in [3.63, 3.8) is 0 Å². The Labute approximate surface area is 114 Å². The summed E-state index contributed by atoms with van der Waals surface area (Å²) in [5.41, 5.74) is 1.49. The number of H-pyrrole nitrogens is 1. The van der Waals surface area contributed by atoms with E-state index in [4.69, 9.17) is 4.74 Å². The van der Waals surface area contributed by atoms with Gasteiger partial charge < -0.3 is 9.72 Å². The van der Waals surface area contributed by atoms with Gasteiger partial charge in [0.2, 0.25) is 0 Å². The minimum atomic E-state index is -0.546. The van der Waals surface area contributed by atoms with Gasteiger partial charge in [-0.05, 0) is 23.8 Å². The van der Waals surface area contributed by atoms with Gasteiger partial charge in [-0.1, -0.05) is 6.07 Å². The molecule has 5 heteroatoms. The molecular weight excluding hydrogens is 262 g/mol. The highest BCUT2D eigenvalue weighted by molar-refractivity contribution is 5.81. The Morgan fingerprint density at radius 3 is 2.70 bits per heavy atom. The Morgan fingerprint density at radius 1 is 1.25 bits per heavy atom. The van der Waals surface area contributed by atoms with Crippen LogP contribution in [0.3, 0.4) is 0 Å². The number of hydrogen-bond acceptors (Lipinski definition) is 2. The number of pyridine rings is 1. The fourth-order valence-corrected chi connectivity index (χ4v) is 2.19. The van der Waals surface area contributed by atoms with E-state index in [1.165, 1.54) is 18.2 Å². The maximum Gasteiger partial charge on any atom is 0.137 e. The van der Waals surface area contributed by atoms with Crippen LogP contribution in [0.25, 0.3) is 11.0 Å². The Kier molecular flexibility index (Phi) is 3.10. The molecule has 3 aromatic rings. The standard InChI is InChI=1S/C15H12F2N2O/c1-20-10-6-11-9(7-18-15(11)19-8-10)5-12-13(16)3-2-4-14(12)17/h2-4,6-8H,5H2,1H3,(H,18,19). The predicted octanol–water partition coefficient (Wildman–Crippen LogP) is 3.44. The van der Waals surface area contributed by atoms with Crippen LogP contribution in [0.4, 0.5) is 8.78 Å². The maximum absolute atomic E-state index is 13.7. The zero-order chi connectivity index (χ0) is 14.1. The minimum absolute atomic E-state index is 0.0521. The van der Waals surface area contributed by atoms with Gasteiger partial charge in [-0.25, -0.2) is 13.8 Å². The first-order valence-corrected chi connectivity index (χ1v) is 6.12. The second kappa shape index (κ2) is 4.92. The fraction of sp³-hybridized carbons (Fsp3) is 0.133. The van der Waals surface area contributed by atoms with Crippen molar-refractivity contribution in [1.82, 2.24) is 9.97 Å². The van der Waals surface area contributed by atoms with Crippen molar-refractivity contribution in [3.8, 4) is 5.75 Å². The molecule has 0 spiro atoms. The molecule has 0 aliphatic carbocycles. The molecule has 20 heavy (non-hydrogen) atoms. The average Bonchev–Trinajstić information content (AvgIpc) is 2.85.